The van der Waals surface area contributed by atoms with Gasteiger partial charge < -0.3 is 5.73 Å². The fraction of sp³-hybridized carbons (Fsp3) is 0.714. The van der Waals surface area contributed by atoms with Crippen LogP contribution in [0.2, 0.25) is 0 Å². The highest BCUT2D eigenvalue weighted by molar-refractivity contribution is 7.97. The number of nitrogens with zero attached hydrogens (tertiary/aromatic N) is 1. The quantitative estimate of drug-likeness (QED) is 0.635. The molecule has 0 fully saturated rings. The van der Waals surface area contributed by atoms with Crippen molar-refractivity contribution in [1.82, 2.24) is 4.31 Å². The molecule has 4 nitrogen and oxygen atoms in total. The fourth-order valence-electron chi connectivity index (χ4n) is 0.400. The molecule has 0 saturated heterocycles. The number of carbonyl (C=O) groups is 2. The maximum atomic E-state index is 10.7. The van der Waals surface area contributed by atoms with E-state index < -0.39 is 6.04 Å². The predicted octanol–water partition coefficient (Wildman–Crippen LogP) is 0.0292. The van der Waals surface area contributed by atoms with Crippen molar-refractivity contribution in [2.45, 2.75) is 19.9 Å². The maximum absolute atomic E-state index is 10.7. The largest absolute Gasteiger partial charge is 0.321 e. The SMILES string of the molecule is CC(=O)[C@@H](N)CSN(C)C(C)=O. The average molecular weight is 190 g/mol. The van der Waals surface area contributed by atoms with Crippen molar-refractivity contribution in [2.75, 3.05) is 12.8 Å². The van der Waals surface area contributed by atoms with Gasteiger partial charge in [0.2, 0.25) is 5.91 Å². The molecule has 70 valence electrons. The van der Waals surface area contributed by atoms with Crippen molar-refractivity contribution in [1.29, 1.82) is 0 Å². The number of hydrogen-bond acceptors (Lipinski definition) is 4. The van der Waals surface area contributed by atoms with E-state index in [0.717, 1.165) is 0 Å². The van der Waals surface area contributed by atoms with Crippen molar-refractivity contribution in [3.8, 4) is 0 Å². The van der Waals surface area contributed by atoms with E-state index in [2.05, 4.69) is 0 Å². The van der Waals surface area contributed by atoms with Gasteiger partial charge in [0.1, 0.15) is 5.78 Å². The van der Waals surface area contributed by atoms with Gasteiger partial charge in [0, 0.05) is 19.7 Å². The smallest absolute Gasteiger partial charge is 0.229 e. The van der Waals surface area contributed by atoms with Gasteiger partial charge in [0.15, 0.2) is 0 Å². The summed E-state index contributed by atoms with van der Waals surface area (Å²) in [7, 11) is 1.65. The Hall–Kier alpha value is -0.550. The highest BCUT2D eigenvalue weighted by Gasteiger charge is 2.10. The van der Waals surface area contributed by atoms with Crippen LogP contribution in [0.15, 0.2) is 0 Å². The van der Waals surface area contributed by atoms with E-state index in [1.165, 1.54) is 30.1 Å². The predicted molar refractivity (Wildman–Crippen MR) is 49.6 cm³/mol. The van der Waals surface area contributed by atoms with Crippen LogP contribution in [-0.4, -0.2) is 34.8 Å². The number of hydrogen-bond donors (Lipinski definition) is 1. The first-order chi connectivity index (χ1) is 5.45. The summed E-state index contributed by atoms with van der Waals surface area (Å²) in [6, 6.07) is -0.475. The van der Waals surface area contributed by atoms with Crippen molar-refractivity contribution in [3.63, 3.8) is 0 Å². The molecular weight excluding hydrogens is 176 g/mol. The number of ketones is 1. The lowest BCUT2D eigenvalue weighted by atomic mass is 10.3. The molecule has 1 amide bonds. The topological polar surface area (TPSA) is 63.4 Å². The molecule has 0 heterocycles. The molecule has 0 rings (SSSR count). The molecule has 0 saturated carbocycles. The van der Waals surface area contributed by atoms with E-state index in [9.17, 15) is 9.59 Å². The minimum absolute atomic E-state index is 0.0456. The molecule has 0 bridgehead atoms. The number of rotatable bonds is 4. The standard InChI is InChI=1S/C7H14N2O2S/c1-5(10)7(8)4-12-9(3)6(2)11/h7H,4,8H2,1-3H3/t7-/m0/s1. The van der Waals surface area contributed by atoms with Crippen LogP contribution >= 0.6 is 11.9 Å². The Bertz CT molecular complexity index is 164. The second kappa shape index (κ2) is 5.16. The zero-order chi connectivity index (χ0) is 9.72. The lowest BCUT2D eigenvalue weighted by Gasteiger charge is -2.14. The third-order valence-electron chi connectivity index (χ3n) is 1.41. The van der Waals surface area contributed by atoms with E-state index in [1.54, 1.807) is 7.05 Å². The van der Waals surface area contributed by atoms with Gasteiger partial charge in [-0.05, 0) is 18.9 Å². The zero-order valence-corrected chi connectivity index (χ0v) is 8.35. The van der Waals surface area contributed by atoms with Gasteiger partial charge in [-0.15, -0.1) is 0 Å². The summed E-state index contributed by atoms with van der Waals surface area (Å²) in [5.74, 6) is 0.348. The molecule has 0 aliphatic carbocycles. The Labute approximate surface area is 76.6 Å². The Morgan fingerprint density at radius 1 is 1.50 bits per heavy atom. The lowest BCUT2D eigenvalue weighted by Crippen LogP contribution is -2.32. The molecule has 5 heteroatoms. The summed E-state index contributed by atoms with van der Waals surface area (Å²) in [5.41, 5.74) is 5.46. The molecule has 0 spiro atoms. The molecule has 0 aliphatic heterocycles. The van der Waals surface area contributed by atoms with Gasteiger partial charge in [0.25, 0.3) is 0 Å². The normalized spacial score (nSPS) is 12.3. The Morgan fingerprint density at radius 2 is 2.00 bits per heavy atom. The first-order valence-corrected chi connectivity index (χ1v) is 4.52. The monoisotopic (exact) mass is 190 g/mol. The van der Waals surface area contributed by atoms with Gasteiger partial charge in [0.05, 0.1) is 6.04 Å². The second-order valence-corrected chi connectivity index (χ2v) is 3.67. The van der Waals surface area contributed by atoms with E-state index >= 15 is 0 Å². The molecular formula is C7H14N2O2S. The van der Waals surface area contributed by atoms with Crippen molar-refractivity contribution in [3.05, 3.63) is 0 Å². The molecule has 0 unspecified atom stereocenters. The Kier molecular flexibility index (Phi) is 4.92. The minimum atomic E-state index is -0.475. The van der Waals surface area contributed by atoms with E-state index in [-0.39, 0.29) is 11.7 Å². The second-order valence-electron chi connectivity index (χ2n) is 2.53. The minimum Gasteiger partial charge on any atom is -0.321 e. The van der Waals surface area contributed by atoms with Crippen LogP contribution in [0.5, 0.6) is 0 Å². The molecule has 1 atom stereocenters. The van der Waals surface area contributed by atoms with Crippen LogP contribution in [-0.2, 0) is 9.59 Å². The summed E-state index contributed by atoms with van der Waals surface area (Å²) in [6.07, 6.45) is 0. The zero-order valence-electron chi connectivity index (χ0n) is 7.53. The van der Waals surface area contributed by atoms with Gasteiger partial charge in [-0.25, -0.2) is 0 Å². The van der Waals surface area contributed by atoms with Gasteiger partial charge in [-0.2, -0.15) is 0 Å². The molecule has 0 aromatic carbocycles. The Balaban J connectivity index is 3.68. The van der Waals surface area contributed by atoms with Crippen LogP contribution < -0.4 is 5.73 Å². The molecule has 12 heavy (non-hydrogen) atoms. The van der Waals surface area contributed by atoms with Crippen molar-refractivity contribution < 1.29 is 9.59 Å². The third-order valence-corrected chi connectivity index (χ3v) is 2.57. The average Bonchev–Trinajstić information content (AvgIpc) is 1.98. The molecule has 0 aromatic heterocycles. The molecule has 2 N–H and O–H groups in total. The van der Waals surface area contributed by atoms with E-state index in [0.29, 0.717) is 5.75 Å². The number of nitrogens with two attached hydrogens (primary N) is 1. The van der Waals surface area contributed by atoms with Crippen molar-refractivity contribution in [2.24, 2.45) is 5.73 Å². The maximum Gasteiger partial charge on any atom is 0.229 e. The van der Waals surface area contributed by atoms with Crippen LogP contribution in [0.4, 0.5) is 0 Å². The highest BCUT2D eigenvalue weighted by atomic mass is 32.2. The number of carbonyl (C=O) groups excluding carboxylic acids is 2. The summed E-state index contributed by atoms with van der Waals surface area (Å²) < 4.78 is 1.46. The summed E-state index contributed by atoms with van der Waals surface area (Å²) in [6.45, 7) is 2.91. The van der Waals surface area contributed by atoms with E-state index in [4.69, 9.17) is 5.73 Å². The van der Waals surface area contributed by atoms with Gasteiger partial charge in [-0.3, -0.25) is 13.9 Å². The summed E-state index contributed by atoms with van der Waals surface area (Å²) >= 11 is 1.26. The van der Waals surface area contributed by atoms with Crippen LogP contribution in [0.1, 0.15) is 13.8 Å². The third kappa shape index (κ3) is 4.35. The molecule has 0 aromatic rings. The van der Waals surface area contributed by atoms with Crippen molar-refractivity contribution >= 4 is 23.6 Å². The first kappa shape index (κ1) is 11.4. The fourth-order valence-corrected chi connectivity index (χ4v) is 1.20. The summed E-state index contributed by atoms with van der Waals surface area (Å²) in [5, 5.41) is 0. The lowest BCUT2D eigenvalue weighted by molar-refractivity contribution is -0.123. The van der Waals surface area contributed by atoms with Crippen LogP contribution in [0.3, 0.4) is 0 Å². The number of amides is 1. The first-order valence-electron chi connectivity index (χ1n) is 3.58. The van der Waals surface area contributed by atoms with Crippen LogP contribution in [0, 0.1) is 0 Å². The van der Waals surface area contributed by atoms with E-state index in [1.807, 2.05) is 0 Å². The Morgan fingerprint density at radius 3 is 2.33 bits per heavy atom. The molecule has 0 aliphatic rings. The summed E-state index contributed by atoms with van der Waals surface area (Å²) in [4.78, 5) is 21.4. The number of Topliss-reactive ketones (excluding diaryl/α,β-unsaturated/α-hetero) is 1. The van der Waals surface area contributed by atoms with Crippen LogP contribution in [0.25, 0.3) is 0 Å². The molecule has 0 radical (unpaired) electrons. The van der Waals surface area contributed by atoms with Gasteiger partial charge >= 0.3 is 0 Å². The van der Waals surface area contributed by atoms with Gasteiger partial charge in [-0.1, -0.05) is 0 Å². The highest BCUT2D eigenvalue weighted by Crippen LogP contribution is 2.07.